The number of hydrogen-bond donors (Lipinski definition) is 4. The summed E-state index contributed by atoms with van der Waals surface area (Å²) in [5, 5.41) is 27.5. The van der Waals surface area contributed by atoms with Gasteiger partial charge in [-0.1, -0.05) is 25.7 Å². The lowest BCUT2D eigenvalue weighted by Crippen LogP contribution is -2.34. The first-order chi connectivity index (χ1) is 54.0. The van der Waals surface area contributed by atoms with Gasteiger partial charge in [-0.15, -0.1) is 11.6 Å². The van der Waals surface area contributed by atoms with Crippen LogP contribution in [-0.4, -0.2) is 138 Å². The molecule has 0 bridgehead atoms. The van der Waals surface area contributed by atoms with Gasteiger partial charge in [0.15, 0.2) is 34.0 Å². The van der Waals surface area contributed by atoms with E-state index < -0.39 is 11.6 Å². The Hall–Kier alpha value is -10.0. The molecule has 6 aromatic carbocycles. The highest BCUT2D eigenvalue weighted by Gasteiger charge is 2.25. The number of pyridine rings is 2. The molecule has 3 saturated heterocycles. The lowest BCUT2D eigenvalue weighted by atomic mass is 9.99. The molecule has 2 aliphatic carbocycles. The fourth-order valence-electron chi connectivity index (χ4n) is 15.6. The molecule has 5 fully saturated rings. The molecule has 2 amide bonds. The summed E-state index contributed by atoms with van der Waals surface area (Å²) in [6.45, 7) is 13.5. The number of nitrogens with zero attached hydrogens (tertiary/aromatic N) is 5. The van der Waals surface area contributed by atoms with Gasteiger partial charge in [0.25, 0.3) is 0 Å². The number of ether oxygens (including phenoxy) is 3. The second-order valence-corrected chi connectivity index (χ2v) is 31.3. The van der Waals surface area contributed by atoms with E-state index in [1.807, 2.05) is 44.2 Å². The van der Waals surface area contributed by atoms with Gasteiger partial charge in [-0.05, 0) is 258 Å². The van der Waals surface area contributed by atoms with Crippen molar-refractivity contribution in [3.05, 3.63) is 198 Å². The number of benzene rings is 6. The number of carbonyl (C=O) groups excluding carboxylic acids is 2. The molecule has 16 rings (SSSR count). The third-order valence-electron chi connectivity index (χ3n) is 21.4. The molecular weight excluding hydrogens is 1450 g/mol. The molecule has 112 heavy (non-hydrogen) atoms. The summed E-state index contributed by atoms with van der Waals surface area (Å²) < 4.78 is 62.7. The van der Waals surface area contributed by atoms with Crippen molar-refractivity contribution in [1.82, 2.24) is 35.3 Å². The van der Waals surface area contributed by atoms with Crippen LogP contribution < -0.4 is 41.1 Å². The Morgan fingerprint density at radius 3 is 1.33 bits per heavy atom. The summed E-state index contributed by atoms with van der Waals surface area (Å²) in [4.78, 5) is 77.9. The molecule has 592 valence electrons. The molecule has 20 nitrogen and oxygen atoms in total. The van der Waals surface area contributed by atoms with Crippen LogP contribution in [0.2, 0.25) is 0 Å². The lowest BCUT2D eigenvalue weighted by molar-refractivity contribution is -0.122. The van der Waals surface area contributed by atoms with Crippen LogP contribution >= 0.6 is 11.6 Å². The number of aromatic nitrogens is 2. The Labute approximate surface area is 655 Å². The third-order valence-corrected chi connectivity index (χ3v) is 21.8. The Bertz CT molecular complexity index is 5280. The number of rotatable bonds is 17. The van der Waals surface area contributed by atoms with Crippen molar-refractivity contribution in [1.29, 1.82) is 0 Å². The van der Waals surface area contributed by atoms with Crippen molar-refractivity contribution in [2.75, 3.05) is 79.5 Å². The Morgan fingerprint density at radius 1 is 0.482 bits per heavy atom. The van der Waals surface area contributed by atoms with Gasteiger partial charge in [-0.2, -0.15) is 0 Å². The van der Waals surface area contributed by atoms with Crippen molar-refractivity contribution >= 4 is 89.2 Å². The second-order valence-electron chi connectivity index (χ2n) is 31.0. The fourth-order valence-corrected chi connectivity index (χ4v) is 15.8. The van der Waals surface area contributed by atoms with E-state index in [1.165, 1.54) is 94.2 Å². The first-order valence-electron chi connectivity index (χ1n) is 39.3. The topological polar surface area (TPSA) is 252 Å². The molecule has 8 heterocycles. The first-order valence-corrected chi connectivity index (χ1v) is 39.8. The van der Waals surface area contributed by atoms with Crippen molar-refractivity contribution < 1.29 is 56.0 Å². The number of aryl methyl sites for hydroxylation is 5. The Balaban J connectivity index is 0.000000142. The van der Waals surface area contributed by atoms with Crippen LogP contribution in [0.5, 0.6) is 34.5 Å². The standard InChI is InChI=1S/C34H39N3O5.C21H22FNO3.C14H9FO3.C13H18N2O2.C7H14ClN/c1-22-16-29-33(39)28-13-12-26(18-30(28)42-34(29)31(17-22)40-21-23-6-5-15-37(2)20-23)41-27-11-9-24(35-19-27)10-14-32(38)36-25-7-3-4-8-25;1-13-8-17-20(24)16-6-5-15(22)10-18(16)26-21(17)19(9-13)25-12-14-4-3-7-23(2)11-14;1-7-4-10-13(17)9-3-2-8(15)6-12(9)18-14(10)11(16)5-7;16-12-7-5-10(14-9-12)6-8-13(17)15-11-3-1-2-4-11;1-9-4-2-3-7(5-8)6-9/h9,11-13,16-19,23,25H,3-8,10,14-15,20-21H2,1-2H3,(H,36,38);5-6,8-10,14H,3-4,7,11-12H2,1-2H3;2-6,16H,1H3;5,7,9,11,16H,1-4,6,8H2,(H,15,17);7H,2-6H2,1H3. The van der Waals surface area contributed by atoms with Crippen molar-refractivity contribution in [3.63, 3.8) is 0 Å². The number of alkyl halides is 1. The third kappa shape index (κ3) is 22.0. The molecule has 3 atom stereocenters. The van der Waals surface area contributed by atoms with Gasteiger partial charge in [0.05, 0.1) is 57.9 Å². The number of hydrogen-bond acceptors (Lipinski definition) is 18. The van der Waals surface area contributed by atoms with E-state index in [2.05, 4.69) is 56.4 Å². The van der Waals surface area contributed by atoms with Crippen molar-refractivity contribution in [2.45, 2.75) is 148 Å². The number of phenols is 1. The summed E-state index contributed by atoms with van der Waals surface area (Å²) in [6, 6.07) is 31.3. The summed E-state index contributed by atoms with van der Waals surface area (Å²) >= 11 is 5.72. The number of amides is 2. The van der Waals surface area contributed by atoms with E-state index >= 15 is 0 Å². The maximum absolute atomic E-state index is 13.6. The molecule has 11 aromatic rings. The number of phenolic OH excluding ortho intramolecular Hbond substituents is 1. The number of nitrogens with one attached hydrogen (secondary N) is 2. The monoisotopic (exact) mass is 1550 g/mol. The minimum absolute atomic E-state index is 0.0829. The fraction of sp³-hybridized carbons (Fsp3) is 0.427. The average molecular weight is 1550 g/mol. The zero-order valence-corrected chi connectivity index (χ0v) is 65.6. The molecule has 2 saturated carbocycles. The van der Waals surface area contributed by atoms with Crippen LogP contribution in [0.4, 0.5) is 8.78 Å². The van der Waals surface area contributed by atoms with E-state index in [0.29, 0.717) is 135 Å². The summed E-state index contributed by atoms with van der Waals surface area (Å²) in [7, 11) is 6.43. The van der Waals surface area contributed by atoms with Crippen molar-refractivity contribution in [2.24, 2.45) is 17.8 Å². The SMILES string of the molecule is CN1CCCC(CCl)C1.Cc1cc(O)c2oc3cc(F)ccc3c(=O)c2c1.Cc1cc(OCC2CCCN(C)C2)c2oc3cc(F)ccc3c(=O)c2c1.Cc1cc(OCC2CCCN(C)C2)c2oc3cc(Oc4ccc(CCC(=O)NC5CCCC5)nc4)ccc3c(=O)c2c1.O=C(CCc1ccc(O)cn1)NC1CCCC1. The first kappa shape index (κ1) is 81.5. The number of piperidine rings is 3. The minimum atomic E-state index is -0.489. The van der Waals surface area contributed by atoms with Crippen LogP contribution in [0.15, 0.2) is 155 Å². The van der Waals surface area contributed by atoms with E-state index in [1.54, 1.807) is 55.6 Å². The zero-order chi connectivity index (χ0) is 79.0. The largest absolute Gasteiger partial charge is 0.506 e. The minimum Gasteiger partial charge on any atom is -0.506 e. The predicted molar refractivity (Wildman–Crippen MR) is 436 cm³/mol. The number of likely N-dealkylation sites (tertiary alicyclic amines) is 3. The molecule has 4 N–H and O–H groups in total. The van der Waals surface area contributed by atoms with Gasteiger partial charge in [0.2, 0.25) is 28.1 Å². The Morgan fingerprint density at radius 2 is 0.893 bits per heavy atom. The molecule has 3 unspecified atom stereocenters. The number of aromatic hydroxyl groups is 2. The number of fused-ring (bicyclic) bond motifs is 6. The molecular formula is C89H102ClF2N7O13. The molecule has 5 aliphatic rings. The average Bonchev–Trinajstić information content (AvgIpc) is 0.791. The second kappa shape index (κ2) is 38.5. The molecule has 23 heteroatoms. The van der Waals surface area contributed by atoms with Gasteiger partial charge in [-0.25, -0.2) is 8.78 Å². The van der Waals surface area contributed by atoms with Crippen LogP contribution in [0.3, 0.4) is 0 Å². The van der Waals surface area contributed by atoms with E-state index in [0.717, 1.165) is 123 Å². The predicted octanol–water partition coefficient (Wildman–Crippen LogP) is 16.7. The smallest absolute Gasteiger partial charge is 0.220 e. The highest BCUT2D eigenvalue weighted by molar-refractivity contribution is 6.18. The lowest BCUT2D eigenvalue weighted by Gasteiger charge is -2.29. The van der Waals surface area contributed by atoms with Crippen LogP contribution in [-0.2, 0) is 22.4 Å². The van der Waals surface area contributed by atoms with Crippen LogP contribution in [0.25, 0.3) is 65.8 Å². The quantitative estimate of drug-likeness (QED) is 0.0488. The Kier molecular flexibility index (Phi) is 28.0. The highest BCUT2D eigenvalue weighted by atomic mass is 35.5. The van der Waals surface area contributed by atoms with E-state index in [9.17, 15) is 37.9 Å². The van der Waals surface area contributed by atoms with Gasteiger partial charge in [0.1, 0.15) is 45.6 Å². The van der Waals surface area contributed by atoms with Gasteiger partial charge in [-0.3, -0.25) is 33.9 Å². The van der Waals surface area contributed by atoms with E-state index in [4.69, 9.17) is 44.2 Å². The molecule has 0 spiro atoms. The van der Waals surface area contributed by atoms with Crippen LogP contribution in [0, 0.1) is 50.2 Å². The zero-order valence-electron chi connectivity index (χ0n) is 64.9. The van der Waals surface area contributed by atoms with Gasteiger partial charge >= 0.3 is 0 Å². The molecule has 3 aliphatic heterocycles. The molecule has 0 radical (unpaired) electrons. The summed E-state index contributed by atoms with van der Waals surface area (Å²) in [5.41, 5.74) is 5.55. The molecule has 5 aromatic heterocycles. The maximum atomic E-state index is 13.6. The van der Waals surface area contributed by atoms with Crippen molar-refractivity contribution in [3.8, 4) is 34.5 Å². The van der Waals surface area contributed by atoms with Gasteiger partial charge < -0.3 is 63.0 Å². The number of carbonyl (C=O) groups is 2. The number of halogens is 3. The summed E-state index contributed by atoms with van der Waals surface area (Å²) in [6.07, 6.45) is 21.6. The van der Waals surface area contributed by atoms with Gasteiger partial charge in [0, 0.05) is 91.9 Å². The van der Waals surface area contributed by atoms with Crippen LogP contribution in [0.1, 0.15) is 131 Å². The maximum Gasteiger partial charge on any atom is 0.220 e. The summed E-state index contributed by atoms with van der Waals surface area (Å²) in [5.74, 6) is 4.05. The highest BCUT2D eigenvalue weighted by Crippen LogP contribution is 2.35. The van der Waals surface area contributed by atoms with E-state index in [-0.39, 0.29) is 56.3 Å². The normalized spacial score (nSPS) is 17.7.